The minimum atomic E-state index is -0.214. The molecule has 5 heteroatoms. The lowest BCUT2D eigenvalue weighted by Crippen LogP contribution is -2.30. The first-order chi connectivity index (χ1) is 16.5. The van der Waals surface area contributed by atoms with Gasteiger partial charge in [0, 0.05) is 11.1 Å². The third-order valence-electron chi connectivity index (χ3n) is 8.63. The van der Waals surface area contributed by atoms with Crippen molar-refractivity contribution in [3.63, 3.8) is 0 Å². The van der Waals surface area contributed by atoms with Crippen LogP contribution in [0.25, 0.3) is 0 Å². The van der Waals surface area contributed by atoms with Crippen LogP contribution in [0, 0.1) is 23.2 Å². The molecule has 2 fully saturated rings. The lowest BCUT2D eigenvalue weighted by molar-refractivity contribution is -0.116. The number of amides is 1. The molecule has 0 aromatic heterocycles. The molecule has 174 valence electrons. The van der Waals surface area contributed by atoms with Crippen LogP contribution in [-0.4, -0.2) is 19.1 Å². The van der Waals surface area contributed by atoms with Gasteiger partial charge in [0.15, 0.2) is 0 Å². The fraction of sp³-hybridized carbons (Fsp3) is 0.414. The standard InChI is InChI=1S/C29H31N3O2/c1-29(13-17-10-19-12-20(14-29)22(19)11-17)16-34-21-8-6-18(7-9-21)27-26-25(15-30-28(26)33)31-23-4-2-3-5-24(23)32-27/h2-9,14,17,19,22,27,31-32H,10-13,15-16H2,1H3,(H,30,33). The Bertz CT molecular complexity index is 1230. The van der Waals surface area contributed by atoms with E-state index in [1.807, 2.05) is 36.4 Å². The van der Waals surface area contributed by atoms with Crippen LogP contribution in [0.3, 0.4) is 0 Å². The SMILES string of the molecule is CC1(COc2ccc(C3Nc4ccccc4NC4=C3C(=O)NC4)cc2)C=C2CC3CC(CC23)C1. The summed E-state index contributed by atoms with van der Waals surface area (Å²) in [7, 11) is 0. The van der Waals surface area contributed by atoms with Gasteiger partial charge in [-0.1, -0.05) is 42.8 Å². The Labute approximate surface area is 200 Å². The van der Waals surface area contributed by atoms with Gasteiger partial charge in [-0.05, 0) is 73.3 Å². The van der Waals surface area contributed by atoms with Crippen molar-refractivity contribution in [3.05, 3.63) is 77.0 Å². The molecule has 5 aliphatic rings. The van der Waals surface area contributed by atoms with Gasteiger partial charge >= 0.3 is 0 Å². The number of nitrogens with one attached hydrogen (secondary N) is 3. The number of para-hydroxylation sites is 2. The summed E-state index contributed by atoms with van der Waals surface area (Å²) in [6.45, 7) is 3.62. The van der Waals surface area contributed by atoms with Crippen LogP contribution in [0.5, 0.6) is 5.75 Å². The first kappa shape index (κ1) is 20.2. The van der Waals surface area contributed by atoms with Crippen molar-refractivity contribution in [3.8, 4) is 5.75 Å². The molecular formula is C29H31N3O2. The molecule has 0 spiro atoms. The van der Waals surface area contributed by atoms with Gasteiger partial charge in [-0.25, -0.2) is 0 Å². The van der Waals surface area contributed by atoms with Gasteiger partial charge in [0.05, 0.1) is 36.1 Å². The van der Waals surface area contributed by atoms with Gasteiger partial charge in [0.2, 0.25) is 0 Å². The van der Waals surface area contributed by atoms with Gasteiger partial charge in [-0.15, -0.1) is 0 Å². The summed E-state index contributed by atoms with van der Waals surface area (Å²) in [5.41, 5.74) is 6.56. The highest BCUT2D eigenvalue weighted by molar-refractivity contribution is 6.00. The number of rotatable bonds is 4. The topological polar surface area (TPSA) is 62.4 Å². The first-order valence-electron chi connectivity index (χ1n) is 12.6. The summed E-state index contributed by atoms with van der Waals surface area (Å²) < 4.78 is 6.34. The highest BCUT2D eigenvalue weighted by Gasteiger charge is 2.48. The molecule has 2 saturated carbocycles. The average molecular weight is 454 g/mol. The Balaban J connectivity index is 1.11. The summed E-state index contributed by atoms with van der Waals surface area (Å²) >= 11 is 0. The molecule has 34 heavy (non-hydrogen) atoms. The number of carbonyl (C=O) groups is 1. The number of allylic oxidation sites excluding steroid dienone is 1. The summed E-state index contributed by atoms with van der Waals surface area (Å²) in [5, 5.41) is 10.0. The summed E-state index contributed by atoms with van der Waals surface area (Å²) in [4.78, 5) is 12.7. The predicted molar refractivity (Wildman–Crippen MR) is 134 cm³/mol. The van der Waals surface area contributed by atoms with E-state index in [2.05, 4.69) is 41.1 Å². The number of hydrogen-bond acceptors (Lipinski definition) is 4. The zero-order valence-electron chi connectivity index (χ0n) is 19.6. The molecule has 3 aliphatic carbocycles. The molecular weight excluding hydrogens is 422 g/mol. The van der Waals surface area contributed by atoms with Crippen LogP contribution in [0.1, 0.15) is 44.2 Å². The van der Waals surface area contributed by atoms with Crippen molar-refractivity contribution in [2.45, 2.75) is 38.6 Å². The molecule has 5 atom stereocenters. The van der Waals surface area contributed by atoms with E-state index in [1.165, 1.54) is 25.7 Å². The van der Waals surface area contributed by atoms with Crippen LogP contribution in [0.15, 0.2) is 71.5 Å². The maximum Gasteiger partial charge on any atom is 0.251 e. The maximum absolute atomic E-state index is 12.7. The highest BCUT2D eigenvalue weighted by Crippen LogP contribution is 2.59. The lowest BCUT2D eigenvalue weighted by atomic mass is 9.68. The average Bonchev–Trinajstić information content (AvgIpc) is 3.24. The highest BCUT2D eigenvalue weighted by atomic mass is 16.5. The van der Waals surface area contributed by atoms with E-state index in [9.17, 15) is 4.79 Å². The fourth-order valence-corrected chi connectivity index (χ4v) is 7.09. The summed E-state index contributed by atoms with van der Waals surface area (Å²) in [6, 6.07) is 16.2. The van der Waals surface area contributed by atoms with E-state index >= 15 is 0 Å². The van der Waals surface area contributed by atoms with Crippen molar-refractivity contribution in [1.82, 2.24) is 5.32 Å². The molecule has 2 aromatic rings. The molecule has 5 nitrogen and oxygen atoms in total. The Hall–Kier alpha value is -3.21. The number of benzene rings is 2. The normalized spacial score (nSPS) is 32.7. The van der Waals surface area contributed by atoms with E-state index in [-0.39, 0.29) is 17.4 Å². The maximum atomic E-state index is 12.7. The number of hydrogen-bond donors (Lipinski definition) is 3. The van der Waals surface area contributed by atoms with E-state index in [0.717, 1.165) is 58.3 Å². The Morgan fingerprint density at radius 1 is 1.06 bits per heavy atom. The predicted octanol–water partition coefficient (Wildman–Crippen LogP) is 5.41. The molecule has 0 saturated heterocycles. The third kappa shape index (κ3) is 3.24. The molecule has 7 rings (SSSR count). The van der Waals surface area contributed by atoms with Crippen molar-refractivity contribution in [2.75, 3.05) is 23.8 Å². The van der Waals surface area contributed by atoms with Crippen LogP contribution in [-0.2, 0) is 4.79 Å². The fourth-order valence-electron chi connectivity index (χ4n) is 7.09. The zero-order valence-corrected chi connectivity index (χ0v) is 19.6. The lowest BCUT2D eigenvalue weighted by Gasteiger charge is -2.38. The minimum absolute atomic E-state index is 0.0185. The minimum Gasteiger partial charge on any atom is -0.493 e. The van der Waals surface area contributed by atoms with Crippen LogP contribution >= 0.6 is 0 Å². The number of ether oxygens (including phenoxy) is 1. The number of fused-ring (bicyclic) bond motifs is 2. The second kappa shape index (κ2) is 7.39. The molecule has 3 N–H and O–H groups in total. The molecule has 2 bridgehead atoms. The van der Waals surface area contributed by atoms with E-state index in [4.69, 9.17) is 4.74 Å². The number of anilines is 2. The molecule has 5 unspecified atom stereocenters. The smallest absolute Gasteiger partial charge is 0.251 e. The van der Waals surface area contributed by atoms with Crippen LogP contribution in [0.2, 0.25) is 0 Å². The zero-order chi connectivity index (χ0) is 22.9. The van der Waals surface area contributed by atoms with Crippen molar-refractivity contribution in [2.24, 2.45) is 23.2 Å². The van der Waals surface area contributed by atoms with Gasteiger partial charge in [0.25, 0.3) is 5.91 Å². The second-order valence-corrected chi connectivity index (χ2v) is 11.2. The Morgan fingerprint density at radius 3 is 2.74 bits per heavy atom. The first-order valence-corrected chi connectivity index (χ1v) is 12.6. The number of carbonyl (C=O) groups excluding carboxylic acids is 1. The van der Waals surface area contributed by atoms with Crippen LogP contribution < -0.4 is 20.7 Å². The molecule has 2 aliphatic heterocycles. The Morgan fingerprint density at radius 2 is 1.88 bits per heavy atom. The van der Waals surface area contributed by atoms with E-state index in [1.54, 1.807) is 5.57 Å². The molecule has 1 amide bonds. The van der Waals surface area contributed by atoms with E-state index in [0.29, 0.717) is 6.54 Å². The van der Waals surface area contributed by atoms with Gasteiger partial charge in [-0.3, -0.25) is 4.79 Å². The van der Waals surface area contributed by atoms with E-state index < -0.39 is 0 Å². The summed E-state index contributed by atoms with van der Waals surface area (Å²) in [6.07, 6.45) is 7.94. The van der Waals surface area contributed by atoms with Gasteiger partial charge in [-0.2, -0.15) is 0 Å². The largest absolute Gasteiger partial charge is 0.493 e. The molecule has 2 heterocycles. The van der Waals surface area contributed by atoms with Crippen molar-refractivity contribution < 1.29 is 9.53 Å². The quantitative estimate of drug-likeness (QED) is 0.542. The molecule has 0 radical (unpaired) electrons. The van der Waals surface area contributed by atoms with Gasteiger partial charge in [0.1, 0.15) is 5.75 Å². The van der Waals surface area contributed by atoms with Crippen LogP contribution in [0.4, 0.5) is 11.4 Å². The second-order valence-electron chi connectivity index (χ2n) is 11.2. The third-order valence-corrected chi connectivity index (χ3v) is 8.63. The van der Waals surface area contributed by atoms with Crippen molar-refractivity contribution in [1.29, 1.82) is 0 Å². The van der Waals surface area contributed by atoms with Gasteiger partial charge < -0.3 is 20.7 Å². The Kier molecular flexibility index (Phi) is 4.39. The monoisotopic (exact) mass is 453 g/mol. The summed E-state index contributed by atoms with van der Waals surface area (Å²) in [5.74, 6) is 3.59. The molecule has 2 aromatic carbocycles. The van der Waals surface area contributed by atoms with Crippen molar-refractivity contribution >= 4 is 17.3 Å².